The number of halogens is 1. The molecule has 4 heteroatoms. The summed E-state index contributed by atoms with van der Waals surface area (Å²) in [6.45, 7) is 0.637. The first-order valence-corrected chi connectivity index (χ1v) is 7.71. The average molecular weight is 312 g/mol. The normalized spacial score (nSPS) is 12.3. The second kappa shape index (κ2) is 6.77. The smallest absolute Gasteiger partial charge is 0.0645 e. The topological polar surface area (TPSA) is 43.8 Å². The van der Waals surface area contributed by atoms with Crippen LogP contribution in [0.5, 0.6) is 0 Å². The predicted octanol–water partition coefficient (Wildman–Crippen LogP) is 4.01. The molecule has 3 aromatic rings. The molecular weight excluding hydrogens is 294 g/mol. The summed E-state index contributed by atoms with van der Waals surface area (Å²) in [5.41, 5.74) is 9.29. The SMILES string of the molecule is NCCC(c1ccc(-n2cccn2)cc1)c1cccc(Cl)c1. The second-order valence-electron chi connectivity index (χ2n) is 5.23. The van der Waals surface area contributed by atoms with Crippen LogP contribution in [0.4, 0.5) is 0 Å². The highest BCUT2D eigenvalue weighted by atomic mass is 35.5. The van der Waals surface area contributed by atoms with Crippen LogP contribution in [0.2, 0.25) is 5.02 Å². The Morgan fingerprint density at radius 2 is 1.86 bits per heavy atom. The van der Waals surface area contributed by atoms with E-state index in [4.69, 9.17) is 17.3 Å². The Bertz CT molecular complexity index is 720. The van der Waals surface area contributed by atoms with Gasteiger partial charge in [0.15, 0.2) is 0 Å². The molecule has 0 saturated carbocycles. The number of benzene rings is 2. The lowest BCUT2D eigenvalue weighted by Crippen LogP contribution is -2.09. The maximum atomic E-state index is 6.13. The molecule has 0 saturated heterocycles. The highest BCUT2D eigenvalue weighted by Gasteiger charge is 2.14. The Kier molecular flexibility index (Phi) is 4.56. The van der Waals surface area contributed by atoms with E-state index in [0.717, 1.165) is 17.1 Å². The fraction of sp³-hybridized carbons (Fsp3) is 0.167. The maximum Gasteiger partial charge on any atom is 0.0645 e. The number of nitrogens with two attached hydrogens (primary N) is 1. The monoisotopic (exact) mass is 311 g/mol. The summed E-state index contributed by atoms with van der Waals surface area (Å²) in [4.78, 5) is 0. The molecule has 0 aliphatic heterocycles. The molecule has 0 spiro atoms. The van der Waals surface area contributed by atoms with E-state index < -0.39 is 0 Å². The zero-order valence-electron chi connectivity index (χ0n) is 12.2. The van der Waals surface area contributed by atoms with Crippen molar-refractivity contribution in [3.63, 3.8) is 0 Å². The third kappa shape index (κ3) is 3.21. The molecule has 2 N–H and O–H groups in total. The van der Waals surface area contributed by atoms with Gasteiger partial charge in [-0.15, -0.1) is 0 Å². The third-order valence-corrected chi connectivity index (χ3v) is 4.01. The van der Waals surface area contributed by atoms with E-state index in [-0.39, 0.29) is 5.92 Å². The summed E-state index contributed by atoms with van der Waals surface area (Å²) in [6, 6.07) is 18.3. The number of nitrogens with zero attached hydrogens (tertiary/aromatic N) is 2. The van der Waals surface area contributed by atoms with Crippen molar-refractivity contribution in [2.75, 3.05) is 6.54 Å². The van der Waals surface area contributed by atoms with Crippen molar-refractivity contribution < 1.29 is 0 Å². The molecule has 0 radical (unpaired) electrons. The molecule has 1 unspecified atom stereocenters. The first-order chi connectivity index (χ1) is 10.8. The zero-order valence-corrected chi connectivity index (χ0v) is 12.9. The summed E-state index contributed by atoms with van der Waals surface area (Å²) in [5, 5.41) is 5.00. The molecule has 1 heterocycles. The van der Waals surface area contributed by atoms with Gasteiger partial charge in [0.05, 0.1) is 5.69 Å². The van der Waals surface area contributed by atoms with Crippen LogP contribution in [0.25, 0.3) is 5.69 Å². The molecule has 0 bridgehead atoms. The van der Waals surface area contributed by atoms with Crippen molar-refractivity contribution in [2.24, 2.45) is 5.73 Å². The summed E-state index contributed by atoms with van der Waals surface area (Å²) in [6.07, 6.45) is 4.60. The number of hydrogen-bond acceptors (Lipinski definition) is 2. The zero-order chi connectivity index (χ0) is 15.4. The lowest BCUT2D eigenvalue weighted by Gasteiger charge is -2.18. The molecule has 3 nitrogen and oxygen atoms in total. The van der Waals surface area contributed by atoms with Crippen LogP contribution in [0, 0.1) is 0 Å². The van der Waals surface area contributed by atoms with E-state index in [0.29, 0.717) is 6.54 Å². The largest absolute Gasteiger partial charge is 0.330 e. The van der Waals surface area contributed by atoms with E-state index in [1.165, 1.54) is 11.1 Å². The minimum absolute atomic E-state index is 0.260. The quantitative estimate of drug-likeness (QED) is 0.774. The van der Waals surface area contributed by atoms with E-state index in [2.05, 4.69) is 35.4 Å². The maximum absolute atomic E-state index is 6.13. The van der Waals surface area contributed by atoms with E-state index in [1.807, 2.05) is 35.1 Å². The van der Waals surface area contributed by atoms with Gasteiger partial charge in [-0.25, -0.2) is 4.68 Å². The Labute approximate surface area is 135 Å². The summed E-state index contributed by atoms with van der Waals surface area (Å²) >= 11 is 6.13. The molecule has 22 heavy (non-hydrogen) atoms. The molecular formula is C18H18ClN3. The molecule has 1 aromatic heterocycles. The Morgan fingerprint density at radius 3 is 2.50 bits per heavy atom. The van der Waals surface area contributed by atoms with Crippen LogP contribution in [-0.2, 0) is 0 Å². The van der Waals surface area contributed by atoms with Crippen molar-refractivity contribution in [1.29, 1.82) is 0 Å². The van der Waals surface area contributed by atoms with Gasteiger partial charge >= 0.3 is 0 Å². The van der Waals surface area contributed by atoms with Gasteiger partial charge in [0.25, 0.3) is 0 Å². The highest BCUT2D eigenvalue weighted by Crippen LogP contribution is 2.29. The molecule has 2 aromatic carbocycles. The van der Waals surface area contributed by atoms with Crippen molar-refractivity contribution in [3.05, 3.63) is 83.1 Å². The van der Waals surface area contributed by atoms with Crippen LogP contribution in [-0.4, -0.2) is 16.3 Å². The number of hydrogen-bond donors (Lipinski definition) is 1. The lowest BCUT2D eigenvalue weighted by atomic mass is 9.88. The van der Waals surface area contributed by atoms with Crippen LogP contribution < -0.4 is 5.73 Å². The predicted molar refractivity (Wildman–Crippen MR) is 90.5 cm³/mol. The van der Waals surface area contributed by atoms with Gasteiger partial charge in [-0.2, -0.15) is 5.10 Å². The van der Waals surface area contributed by atoms with Gasteiger partial charge in [-0.3, -0.25) is 0 Å². The Hall–Kier alpha value is -2.10. The molecule has 0 fully saturated rings. The molecule has 0 amide bonds. The minimum Gasteiger partial charge on any atom is -0.330 e. The molecule has 3 rings (SSSR count). The second-order valence-corrected chi connectivity index (χ2v) is 5.66. The van der Waals surface area contributed by atoms with Crippen molar-refractivity contribution in [2.45, 2.75) is 12.3 Å². The molecule has 1 atom stereocenters. The summed E-state index contributed by atoms with van der Waals surface area (Å²) in [5.74, 6) is 0.260. The summed E-state index contributed by atoms with van der Waals surface area (Å²) in [7, 11) is 0. The van der Waals surface area contributed by atoms with Crippen LogP contribution in [0.1, 0.15) is 23.5 Å². The van der Waals surface area contributed by atoms with Gasteiger partial charge in [0.1, 0.15) is 0 Å². The standard InChI is InChI=1S/C18H18ClN3/c19-16-4-1-3-15(13-16)18(9-10-20)14-5-7-17(8-6-14)22-12-2-11-21-22/h1-8,11-13,18H,9-10,20H2. The average Bonchev–Trinajstić information content (AvgIpc) is 3.07. The van der Waals surface area contributed by atoms with Crippen LogP contribution >= 0.6 is 11.6 Å². The fourth-order valence-electron chi connectivity index (χ4n) is 2.70. The fourth-order valence-corrected chi connectivity index (χ4v) is 2.90. The molecule has 0 aliphatic carbocycles. The van der Waals surface area contributed by atoms with Crippen LogP contribution in [0.15, 0.2) is 67.0 Å². The first kappa shape index (κ1) is 14.8. The molecule has 0 aliphatic rings. The van der Waals surface area contributed by atoms with Crippen LogP contribution in [0.3, 0.4) is 0 Å². The van der Waals surface area contributed by atoms with Gasteiger partial charge in [-0.05, 0) is 54.4 Å². The third-order valence-electron chi connectivity index (χ3n) is 3.77. The Morgan fingerprint density at radius 1 is 1.05 bits per heavy atom. The van der Waals surface area contributed by atoms with Crippen molar-refractivity contribution in [1.82, 2.24) is 9.78 Å². The molecule has 112 valence electrons. The van der Waals surface area contributed by atoms with Gasteiger partial charge < -0.3 is 5.73 Å². The van der Waals surface area contributed by atoms with Gasteiger partial charge in [0, 0.05) is 23.3 Å². The minimum atomic E-state index is 0.260. The van der Waals surface area contributed by atoms with E-state index >= 15 is 0 Å². The van der Waals surface area contributed by atoms with Gasteiger partial charge in [-0.1, -0.05) is 35.9 Å². The number of rotatable bonds is 5. The van der Waals surface area contributed by atoms with Crippen molar-refractivity contribution >= 4 is 11.6 Å². The van der Waals surface area contributed by atoms with E-state index in [1.54, 1.807) is 6.20 Å². The van der Waals surface area contributed by atoms with Crippen molar-refractivity contribution in [3.8, 4) is 5.69 Å². The highest BCUT2D eigenvalue weighted by molar-refractivity contribution is 6.30. The van der Waals surface area contributed by atoms with Gasteiger partial charge in [0.2, 0.25) is 0 Å². The summed E-state index contributed by atoms with van der Waals surface area (Å²) < 4.78 is 1.85. The number of aromatic nitrogens is 2. The van der Waals surface area contributed by atoms with E-state index in [9.17, 15) is 0 Å². The lowest BCUT2D eigenvalue weighted by molar-refractivity contribution is 0.725. The Balaban J connectivity index is 1.92. The first-order valence-electron chi connectivity index (χ1n) is 7.33.